The van der Waals surface area contributed by atoms with Gasteiger partial charge in [0, 0.05) is 11.6 Å². The Kier molecular flexibility index (Phi) is 4.33. The summed E-state index contributed by atoms with van der Waals surface area (Å²) in [4.78, 5) is 0. The maximum absolute atomic E-state index is 9.59. The van der Waals surface area contributed by atoms with Gasteiger partial charge in [-0.3, -0.25) is 0 Å². The average Bonchev–Trinajstić information content (AvgIpc) is 2.28. The molecule has 3 nitrogen and oxygen atoms in total. The lowest BCUT2D eigenvalue weighted by Crippen LogP contribution is -2.46. The second kappa shape index (κ2) is 5.32. The third-order valence-corrected chi connectivity index (χ3v) is 2.62. The molecule has 0 bridgehead atoms. The van der Waals surface area contributed by atoms with Gasteiger partial charge in [-0.2, -0.15) is 0 Å². The van der Waals surface area contributed by atoms with E-state index in [1.54, 1.807) is 7.11 Å². The summed E-state index contributed by atoms with van der Waals surface area (Å²) in [5.41, 5.74) is 0.509. The topological polar surface area (TPSA) is 41.5 Å². The van der Waals surface area contributed by atoms with Gasteiger partial charge in [-0.25, -0.2) is 0 Å². The van der Waals surface area contributed by atoms with Crippen LogP contribution in [0.1, 0.15) is 26.3 Å². The summed E-state index contributed by atoms with van der Waals surface area (Å²) < 4.78 is 5.32. The molecule has 0 fully saturated rings. The van der Waals surface area contributed by atoms with E-state index in [4.69, 9.17) is 4.74 Å². The molecule has 1 aromatic rings. The second-order valence-corrected chi connectivity index (χ2v) is 4.49. The third-order valence-electron chi connectivity index (χ3n) is 2.62. The highest BCUT2D eigenvalue weighted by Crippen LogP contribution is 2.29. The smallest absolute Gasteiger partial charge is 0.123 e. The van der Waals surface area contributed by atoms with Crippen LogP contribution in [0.25, 0.3) is 0 Å². The van der Waals surface area contributed by atoms with Gasteiger partial charge in [0.1, 0.15) is 5.75 Å². The van der Waals surface area contributed by atoms with Crippen LogP contribution in [0.3, 0.4) is 0 Å². The number of methoxy groups -OCH3 is 1. The molecular weight excluding hydrogens is 202 g/mol. The molecule has 0 heterocycles. The molecule has 0 spiro atoms. The van der Waals surface area contributed by atoms with Crippen molar-refractivity contribution in [3.63, 3.8) is 0 Å². The summed E-state index contributed by atoms with van der Waals surface area (Å²) in [5.74, 6) is 0.798. The first-order valence-corrected chi connectivity index (χ1v) is 5.55. The first-order chi connectivity index (χ1) is 7.53. The summed E-state index contributed by atoms with van der Waals surface area (Å²) >= 11 is 0. The molecule has 16 heavy (non-hydrogen) atoms. The SMILES string of the molecule is COc1ccccc1C(C)(CO)NC(C)C. The predicted octanol–water partition coefficient (Wildman–Crippen LogP) is 1.90. The standard InChI is InChI=1S/C13H21NO2/c1-10(2)14-13(3,9-15)11-7-5-6-8-12(11)16-4/h5-8,10,14-15H,9H2,1-4H3. The van der Waals surface area contributed by atoms with Crippen LogP contribution in [-0.2, 0) is 5.54 Å². The second-order valence-electron chi connectivity index (χ2n) is 4.49. The van der Waals surface area contributed by atoms with Gasteiger partial charge in [0.15, 0.2) is 0 Å². The molecule has 0 radical (unpaired) electrons. The molecule has 1 atom stereocenters. The van der Waals surface area contributed by atoms with E-state index in [1.165, 1.54) is 0 Å². The van der Waals surface area contributed by atoms with Gasteiger partial charge in [-0.1, -0.05) is 18.2 Å². The lowest BCUT2D eigenvalue weighted by Gasteiger charge is -2.32. The van der Waals surface area contributed by atoms with Crippen molar-refractivity contribution in [3.05, 3.63) is 29.8 Å². The number of ether oxygens (including phenoxy) is 1. The van der Waals surface area contributed by atoms with Crippen LogP contribution in [-0.4, -0.2) is 24.9 Å². The van der Waals surface area contributed by atoms with Gasteiger partial charge in [-0.05, 0) is 26.8 Å². The molecule has 1 unspecified atom stereocenters. The Labute approximate surface area is 97.4 Å². The van der Waals surface area contributed by atoms with Crippen LogP contribution in [0.4, 0.5) is 0 Å². The Bertz CT molecular complexity index is 338. The first kappa shape index (κ1) is 13.0. The molecule has 1 rings (SSSR count). The molecule has 0 amide bonds. The molecule has 3 heteroatoms. The highest BCUT2D eigenvalue weighted by Gasteiger charge is 2.29. The van der Waals surface area contributed by atoms with E-state index in [0.717, 1.165) is 11.3 Å². The number of hydrogen-bond donors (Lipinski definition) is 2. The molecule has 2 N–H and O–H groups in total. The van der Waals surface area contributed by atoms with Crippen molar-refractivity contribution in [2.24, 2.45) is 0 Å². The summed E-state index contributed by atoms with van der Waals surface area (Å²) in [7, 11) is 1.64. The maximum Gasteiger partial charge on any atom is 0.123 e. The van der Waals surface area contributed by atoms with E-state index in [2.05, 4.69) is 19.2 Å². The monoisotopic (exact) mass is 223 g/mol. The van der Waals surface area contributed by atoms with Crippen LogP contribution < -0.4 is 10.1 Å². The van der Waals surface area contributed by atoms with Crippen LogP contribution in [0.15, 0.2) is 24.3 Å². The summed E-state index contributed by atoms with van der Waals surface area (Å²) in [5, 5.41) is 13.0. The fourth-order valence-electron chi connectivity index (χ4n) is 1.95. The maximum atomic E-state index is 9.59. The molecule has 0 aliphatic carbocycles. The number of para-hydroxylation sites is 1. The molecule has 0 saturated heterocycles. The highest BCUT2D eigenvalue weighted by atomic mass is 16.5. The Morgan fingerprint density at radius 1 is 1.38 bits per heavy atom. The molecule has 0 aromatic heterocycles. The normalized spacial score (nSPS) is 14.9. The van der Waals surface area contributed by atoms with E-state index in [1.807, 2.05) is 31.2 Å². The van der Waals surface area contributed by atoms with Crippen molar-refractivity contribution in [2.75, 3.05) is 13.7 Å². The van der Waals surface area contributed by atoms with Gasteiger partial charge < -0.3 is 15.2 Å². The fourth-order valence-corrected chi connectivity index (χ4v) is 1.95. The summed E-state index contributed by atoms with van der Waals surface area (Å²) in [6.45, 7) is 6.13. The first-order valence-electron chi connectivity index (χ1n) is 5.55. The van der Waals surface area contributed by atoms with Gasteiger partial charge in [-0.15, -0.1) is 0 Å². The number of aliphatic hydroxyl groups is 1. The summed E-state index contributed by atoms with van der Waals surface area (Å²) in [6, 6.07) is 8.06. The minimum absolute atomic E-state index is 0.0333. The zero-order chi connectivity index (χ0) is 12.2. The Morgan fingerprint density at radius 3 is 2.50 bits per heavy atom. The Balaban J connectivity index is 3.11. The van der Waals surface area contributed by atoms with Crippen LogP contribution in [0, 0.1) is 0 Å². The Morgan fingerprint density at radius 2 is 2.00 bits per heavy atom. The number of aliphatic hydroxyl groups excluding tert-OH is 1. The van der Waals surface area contributed by atoms with Crippen molar-refractivity contribution in [1.82, 2.24) is 5.32 Å². The van der Waals surface area contributed by atoms with Crippen molar-refractivity contribution in [1.29, 1.82) is 0 Å². The largest absolute Gasteiger partial charge is 0.496 e. The van der Waals surface area contributed by atoms with Gasteiger partial charge >= 0.3 is 0 Å². The minimum atomic E-state index is -0.471. The lowest BCUT2D eigenvalue weighted by atomic mass is 9.91. The van der Waals surface area contributed by atoms with Crippen LogP contribution >= 0.6 is 0 Å². The van der Waals surface area contributed by atoms with Crippen LogP contribution in [0.2, 0.25) is 0 Å². The zero-order valence-electron chi connectivity index (χ0n) is 10.4. The van der Waals surface area contributed by atoms with Gasteiger partial charge in [0.05, 0.1) is 19.3 Å². The van der Waals surface area contributed by atoms with Crippen molar-refractivity contribution in [2.45, 2.75) is 32.4 Å². The van der Waals surface area contributed by atoms with E-state index >= 15 is 0 Å². The molecule has 0 aliphatic rings. The lowest BCUT2D eigenvalue weighted by molar-refractivity contribution is 0.163. The molecule has 90 valence electrons. The van der Waals surface area contributed by atoms with Crippen molar-refractivity contribution >= 4 is 0 Å². The number of hydrogen-bond acceptors (Lipinski definition) is 3. The van der Waals surface area contributed by atoms with E-state index in [-0.39, 0.29) is 6.61 Å². The third kappa shape index (κ3) is 2.74. The molecule has 0 saturated carbocycles. The van der Waals surface area contributed by atoms with Gasteiger partial charge in [0.25, 0.3) is 0 Å². The van der Waals surface area contributed by atoms with Crippen LogP contribution in [0.5, 0.6) is 5.75 Å². The molecular formula is C13H21NO2. The fraction of sp³-hybridized carbons (Fsp3) is 0.538. The highest BCUT2D eigenvalue weighted by molar-refractivity contribution is 5.39. The zero-order valence-corrected chi connectivity index (χ0v) is 10.4. The van der Waals surface area contributed by atoms with E-state index < -0.39 is 5.54 Å². The average molecular weight is 223 g/mol. The van der Waals surface area contributed by atoms with E-state index in [0.29, 0.717) is 6.04 Å². The number of rotatable bonds is 5. The van der Waals surface area contributed by atoms with Crippen molar-refractivity contribution < 1.29 is 9.84 Å². The Hall–Kier alpha value is -1.06. The predicted molar refractivity (Wildman–Crippen MR) is 65.7 cm³/mol. The number of nitrogens with one attached hydrogen (secondary N) is 1. The molecule has 1 aromatic carbocycles. The van der Waals surface area contributed by atoms with Gasteiger partial charge in [0.2, 0.25) is 0 Å². The summed E-state index contributed by atoms with van der Waals surface area (Å²) in [6.07, 6.45) is 0. The van der Waals surface area contributed by atoms with E-state index in [9.17, 15) is 5.11 Å². The molecule has 0 aliphatic heterocycles. The minimum Gasteiger partial charge on any atom is -0.496 e. The number of benzene rings is 1. The van der Waals surface area contributed by atoms with Crippen molar-refractivity contribution in [3.8, 4) is 5.75 Å². The quantitative estimate of drug-likeness (QED) is 0.801.